The maximum atomic E-state index is 12.4. The zero-order valence-corrected chi connectivity index (χ0v) is 21.8. The second kappa shape index (κ2) is 12.3. The van der Waals surface area contributed by atoms with Crippen LogP contribution < -0.4 is 5.32 Å². The van der Waals surface area contributed by atoms with Crippen molar-refractivity contribution < 1.29 is 19.4 Å². The van der Waals surface area contributed by atoms with Gasteiger partial charge in [-0.15, -0.1) is 5.10 Å². The Hall–Kier alpha value is -3.57. The van der Waals surface area contributed by atoms with Crippen LogP contribution in [0.3, 0.4) is 0 Å². The lowest BCUT2D eigenvalue weighted by molar-refractivity contribution is -0.245. The minimum Gasteiger partial charge on any atom is -0.392 e. The molecule has 0 radical (unpaired) electrons. The number of hydrogen-bond donors (Lipinski definition) is 2. The number of nitrogens with zero attached hydrogens (tertiary/aromatic N) is 4. The van der Waals surface area contributed by atoms with Crippen molar-refractivity contribution in [3.8, 4) is 0 Å². The lowest BCUT2D eigenvalue weighted by Crippen LogP contribution is -2.31. The van der Waals surface area contributed by atoms with Crippen molar-refractivity contribution in [2.75, 3.05) is 5.75 Å². The van der Waals surface area contributed by atoms with E-state index in [0.717, 1.165) is 27.4 Å². The van der Waals surface area contributed by atoms with Crippen LogP contribution in [0.2, 0.25) is 0 Å². The number of amides is 1. The van der Waals surface area contributed by atoms with Gasteiger partial charge in [-0.3, -0.25) is 4.79 Å². The van der Waals surface area contributed by atoms with Crippen LogP contribution in [-0.2, 0) is 29.7 Å². The van der Waals surface area contributed by atoms with Crippen molar-refractivity contribution >= 4 is 17.7 Å². The number of rotatable bonds is 9. The molecule has 3 unspecified atom stereocenters. The highest BCUT2D eigenvalue weighted by Gasteiger charge is 2.32. The van der Waals surface area contributed by atoms with Crippen LogP contribution in [0.4, 0.5) is 0 Å². The third-order valence-corrected chi connectivity index (χ3v) is 7.48. The molecule has 1 aliphatic rings. The third kappa shape index (κ3) is 6.46. The molecule has 1 fully saturated rings. The Balaban J connectivity index is 1.27. The van der Waals surface area contributed by atoms with E-state index in [4.69, 9.17) is 9.47 Å². The Morgan fingerprint density at radius 2 is 1.71 bits per heavy atom. The normalized spacial score (nSPS) is 19.3. The summed E-state index contributed by atoms with van der Waals surface area (Å²) in [6.07, 6.45) is -0.142. The van der Waals surface area contributed by atoms with E-state index in [1.807, 2.05) is 73.8 Å². The molecule has 1 aromatic heterocycles. The van der Waals surface area contributed by atoms with E-state index >= 15 is 0 Å². The summed E-state index contributed by atoms with van der Waals surface area (Å²) in [5.41, 5.74) is 4.40. The molecule has 3 aromatic carbocycles. The highest BCUT2D eigenvalue weighted by molar-refractivity contribution is 7.99. The molecule has 3 atom stereocenters. The second-order valence-corrected chi connectivity index (χ2v) is 10.0. The predicted molar refractivity (Wildman–Crippen MR) is 142 cm³/mol. The van der Waals surface area contributed by atoms with Gasteiger partial charge in [0.25, 0.3) is 5.91 Å². The average molecular weight is 532 g/mol. The summed E-state index contributed by atoms with van der Waals surface area (Å²) in [6, 6.07) is 24.9. The molecule has 9 nitrogen and oxygen atoms in total. The van der Waals surface area contributed by atoms with Crippen LogP contribution in [0.25, 0.3) is 0 Å². The summed E-state index contributed by atoms with van der Waals surface area (Å²) < 4.78 is 14.4. The van der Waals surface area contributed by atoms with Gasteiger partial charge in [0, 0.05) is 36.9 Å². The van der Waals surface area contributed by atoms with Gasteiger partial charge in [0.2, 0.25) is 5.16 Å². The fourth-order valence-electron chi connectivity index (χ4n) is 4.20. The molecule has 1 amide bonds. The van der Waals surface area contributed by atoms with Gasteiger partial charge in [-0.1, -0.05) is 78.5 Å². The number of nitrogens with one attached hydrogen (secondary N) is 1. The van der Waals surface area contributed by atoms with E-state index < -0.39 is 6.29 Å². The zero-order chi connectivity index (χ0) is 26.3. The molecule has 2 heterocycles. The summed E-state index contributed by atoms with van der Waals surface area (Å²) in [7, 11) is 1.81. The SMILES string of the molecule is Cn1nnnc1SCC1CC(c2ccc(CO)cc2)OC(c2ccc(CNC(=O)c3ccccc3)cc2)O1. The van der Waals surface area contributed by atoms with Gasteiger partial charge in [-0.05, 0) is 39.2 Å². The molecule has 10 heteroatoms. The van der Waals surface area contributed by atoms with Gasteiger partial charge in [-0.2, -0.15) is 0 Å². The van der Waals surface area contributed by atoms with Crippen LogP contribution in [0.15, 0.2) is 84.0 Å². The summed E-state index contributed by atoms with van der Waals surface area (Å²) in [6.45, 7) is 0.423. The van der Waals surface area contributed by atoms with Crippen molar-refractivity contribution in [2.45, 2.75) is 43.2 Å². The largest absolute Gasteiger partial charge is 0.392 e. The van der Waals surface area contributed by atoms with E-state index in [9.17, 15) is 9.90 Å². The van der Waals surface area contributed by atoms with Gasteiger partial charge in [0.05, 0.1) is 18.8 Å². The topological polar surface area (TPSA) is 111 Å². The number of thioether (sulfide) groups is 1. The van der Waals surface area contributed by atoms with Gasteiger partial charge < -0.3 is 19.9 Å². The van der Waals surface area contributed by atoms with Crippen molar-refractivity contribution in [3.63, 3.8) is 0 Å². The van der Waals surface area contributed by atoms with Crippen molar-refractivity contribution in [2.24, 2.45) is 7.05 Å². The predicted octanol–water partition coefficient (Wildman–Crippen LogP) is 3.97. The van der Waals surface area contributed by atoms with E-state index in [2.05, 4.69) is 20.8 Å². The first kappa shape index (κ1) is 26.1. The number of carbonyl (C=O) groups excluding carboxylic acids is 1. The molecular formula is C28H29N5O4S. The summed E-state index contributed by atoms with van der Waals surface area (Å²) in [5, 5.41) is 24.7. The van der Waals surface area contributed by atoms with E-state index in [-0.39, 0.29) is 24.7 Å². The van der Waals surface area contributed by atoms with E-state index in [1.165, 1.54) is 0 Å². The molecule has 1 aliphatic heterocycles. The number of hydrogen-bond acceptors (Lipinski definition) is 8. The second-order valence-electron chi connectivity index (χ2n) is 9.04. The van der Waals surface area contributed by atoms with Crippen LogP contribution in [0.5, 0.6) is 0 Å². The Bertz CT molecular complexity index is 1330. The molecule has 4 aromatic rings. The molecule has 0 aliphatic carbocycles. The number of aliphatic hydroxyl groups excluding tert-OH is 1. The molecule has 0 saturated carbocycles. The lowest BCUT2D eigenvalue weighted by atomic mass is 10.0. The first-order valence-electron chi connectivity index (χ1n) is 12.4. The van der Waals surface area contributed by atoms with Crippen LogP contribution in [-0.4, -0.2) is 43.1 Å². The van der Waals surface area contributed by atoms with Gasteiger partial charge >= 0.3 is 0 Å². The molecule has 0 bridgehead atoms. The quantitative estimate of drug-likeness (QED) is 0.312. The maximum Gasteiger partial charge on any atom is 0.251 e. The minimum atomic E-state index is -0.553. The average Bonchev–Trinajstić information content (AvgIpc) is 3.39. The number of aryl methyl sites for hydroxylation is 1. The fraction of sp³-hybridized carbons (Fsp3) is 0.286. The van der Waals surface area contributed by atoms with Crippen molar-refractivity contribution in [3.05, 3.63) is 107 Å². The Labute approximate surface area is 225 Å². The monoisotopic (exact) mass is 531 g/mol. The van der Waals surface area contributed by atoms with E-state index in [1.54, 1.807) is 28.6 Å². The maximum absolute atomic E-state index is 12.4. The van der Waals surface area contributed by atoms with Crippen molar-refractivity contribution in [1.82, 2.24) is 25.5 Å². The van der Waals surface area contributed by atoms with Crippen LogP contribution >= 0.6 is 11.8 Å². The zero-order valence-electron chi connectivity index (χ0n) is 20.9. The number of ether oxygens (including phenoxy) is 2. The summed E-state index contributed by atoms with van der Waals surface area (Å²) in [4.78, 5) is 12.4. The first-order chi connectivity index (χ1) is 18.6. The summed E-state index contributed by atoms with van der Waals surface area (Å²) in [5.74, 6) is 0.560. The van der Waals surface area contributed by atoms with Crippen LogP contribution in [0.1, 0.15) is 51.4 Å². The highest BCUT2D eigenvalue weighted by atomic mass is 32.2. The Morgan fingerprint density at radius 1 is 1.00 bits per heavy atom. The van der Waals surface area contributed by atoms with Crippen LogP contribution in [0, 0.1) is 0 Å². The number of aliphatic hydroxyl groups is 1. The highest BCUT2D eigenvalue weighted by Crippen LogP contribution is 2.39. The first-order valence-corrected chi connectivity index (χ1v) is 13.4. The number of aromatic nitrogens is 4. The van der Waals surface area contributed by atoms with Gasteiger partial charge in [0.15, 0.2) is 6.29 Å². The fourth-order valence-corrected chi connectivity index (χ4v) is 5.07. The molecule has 38 heavy (non-hydrogen) atoms. The molecule has 2 N–H and O–H groups in total. The Morgan fingerprint density at radius 3 is 2.39 bits per heavy atom. The molecular weight excluding hydrogens is 502 g/mol. The number of benzene rings is 3. The van der Waals surface area contributed by atoms with Crippen molar-refractivity contribution in [1.29, 1.82) is 0 Å². The van der Waals surface area contributed by atoms with Gasteiger partial charge in [-0.25, -0.2) is 4.68 Å². The number of tetrazole rings is 1. The Kier molecular flexibility index (Phi) is 8.44. The molecule has 1 saturated heterocycles. The lowest BCUT2D eigenvalue weighted by Gasteiger charge is -2.36. The molecule has 196 valence electrons. The summed E-state index contributed by atoms with van der Waals surface area (Å²) >= 11 is 1.54. The van der Waals surface area contributed by atoms with E-state index in [0.29, 0.717) is 24.3 Å². The smallest absolute Gasteiger partial charge is 0.251 e. The number of carbonyl (C=O) groups is 1. The minimum absolute atomic E-state index is 0.000687. The molecule has 5 rings (SSSR count). The third-order valence-electron chi connectivity index (χ3n) is 6.34. The van der Waals surface area contributed by atoms with Gasteiger partial charge in [0.1, 0.15) is 0 Å². The standard InChI is InChI=1S/C28H29N5O4S/c1-33-28(30-31-32-33)38-18-24-15-25(21-11-9-20(17-34)10-12-21)37-27(36-24)23-13-7-19(8-14-23)16-29-26(35)22-5-3-2-4-6-22/h2-14,24-25,27,34H,15-18H2,1H3,(H,29,35). The molecule has 0 spiro atoms.